The molecule has 4 heterocycles. The van der Waals surface area contributed by atoms with Crippen LogP contribution in [-0.4, -0.2) is 36.3 Å². The zero-order chi connectivity index (χ0) is 19.8. The molecule has 1 aromatic carbocycles. The molecule has 0 saturated carbocycles. The van der Waals surface area contributed by atoms with Gasteiger partial charge in [0.2, 0.25) is 0 Å². The fourth-order valence-corrected chi connectivity index (χ4v) is 3.69. The Kier molecular flexibility index (Phi) is 4.23. The molecule has 4 bridgehead atoms. The maximum absolute atomic E-state index is 6.12. The molecule has 0 radical (unpaired) electrons. The van der Waals surface area contributed by atoms with E-state index in [9.17, 15) is 0 Å². The van der Waals surface area contributed by atoms with Crippen molar-refractivity contribution in [2.75, 3.05) is 12.3 Å². The normalized spacial score (nSPS) is 15.2. The molecule has 29 heavy (non-hydrogen) atoms. The van der Waals surface area contributed by atoms with E-state index in [1.807, 2.05) is 19.3 Å². The van der Waals surface area contributed by atoms with Gasteiger partial charge in [0.05, 0.1) is 19.3 Å². The number of imidazole rings is 1. The van der Waals surface area contributed by atoms with Gasteiger partial charge < -0.3 is 15.0 Å². The predicted octanol–water partition coefficient (Wildman–Crippen LogP) is 3.04. The number of fused-ring (bicyclic) bond motifs is 3. The van der Waals surface area contributed by atoms with Gasteiger partial charge in [-0.3, -0.25) is 5.10 Å². The summed E-state index contributed by atoms with van der Waals surface area (Å²) in [6, 6.07) is 6.82. The molecule has 0 fully saturated rings. The van der Waals surface area contributed by atoms with E-state index in [0.717, 1.165) is 24.2 Å². The highest BCUT2D eigenvalue weighted by molar-refractivity contribution is 5.82. The molecule has 8 heteroatoms. The first-order valence-corrected chi connectivity index (χ1v) is 9.58. The van der Waals surface area contributed by atoms with Crippen molar-refractivity contribution in [1.29, 1.82) is 0 Å². The van der Waals surface area contributed by atoms with Gasteiger partial charge in [-0.2, -0.15) is 15.1 Å². The van der Waals surface area contributed by atoms with Crippen LogP contribution in [0.25, 0.3) is 22.3 Å². The quantitative estimate of drug-likeness (QED) is 0.486. The summed E-state index contributed by atoms with van der Waals surface area (Å²) in [7, 11) is 0. The SMILES string of the molecule is Cc1nc2c(N)nc3nc2n1Cc1ccc(-c2cn[nH]c2)c(c1)C/C=C/CCO3. The summed E-state index contributed by atoms with van der Waals surface area (Å²) in [5.74, 6) is 1.18. The topological polar surface area (TPSA) is 108 Å². The van der Waals surface area contributed by atoms with Gasteiger partial charge in [0.15, 0.2) is 17.0 Å². The van der Waals surface area contributed by atoms with Crippen molar-refractivity contribution in [2.45, 2.75) is 26.3 Å². The van der Waals surface area contributed by atoms with E-state index in [1.165, 1.54) is 16.7 Å². The molecular formula is C21H21N7O. The Bertz CT molecular complexity index is 1210. The molecule has 3 aromatic heterocycles. The number of H-pyrrole nitrogens is 1. The van der Waals surface area contributed by atoms with Crippen LogP contribution in [0.15, 0.2) is 42.7 Å². The standard InChI is InChI=1S/C21H21N7O/c1-13-25-18-19(22)26-21-27-20(18)28(13)12-14-6-7-17(16-10-23-24-11-16)15(9-14)5-3-2-4-8-29-21/h2-3,6-7,9-11H,4-5,8,12H2,1H3,(H,23,24)(H2,22,26,27)/b3-2+. The van der Waals surface area contributed by atoms with Gasteiger partial charge in [0.25, 0.3) is 0 Å². The lowest BCUT2D eigenvalue weighted by Crippen LogP contribution is -2.07. The summed E-state index contributed by atoms with van der Waals surface area (Å²) in [5.41, 5.74) is 12.1. The third kappa shape index (κ3) is 3.22. The van der Waals surface area contributed by atoms with Crippen molar-refractivity contribution < 1.29 is 4.74 Å². The second kappa shape index (κ2) is 7.05. The number of rotatable bonds is 1. The number of benzene rings is 1. The average molecular weight is 387 g/mol. The molecule has 0 aliphatic carbocycles. The molecule has 1 aliphatic rings. The molecule has 0 spiro atoms. The number of ether oxygens (including phenoxy) is 1. The number of allylic oxidation sites excluding steroid dienone is 1. The average Bonchev–Trinajstić information content (AvgIpc) is 3.34. The molecular weight excluding hydrogens is 366 g/mol. The smallest absolute Gasteiger partial charge is 0.320 e. The van der Waals surface area contributed by atoms with Crippen LogP contribution in [0.1, 0.15) is 23.4 Å². The Labute approximate surface area is 167 Å². The van der Waals surface area contributed by atoms with Crippen LogP contribution in [0, 0.1) is 6.92 Å². The van der Waals surface area contributed by atoms with E-state index >= 15 is 0 Å². The predicted molar refractivity (Wildman–Crippen MR) is 111 cm³/mol. The number of nitrogens with two attached hydrogens (primary N) is 1. The van der Waals surface area contributed by atoms with Crippen LogP contribution in [0.3, 0.4) is 0 Å². The van der Waals surface area contributed by atoms with E-state index in [4.69, 9.17) is 10.5 Å². The highest BCUT2D eigenvalue weighted by Gasteiger charge is 2.16. The third-order valence-electron chi connectivity index (χ3n) is 5.13. The number of nitrogens with one attached hydrogen (secondary N) is 1. The Balaban J connectivity index is 1.65. The van der Waals surface area contributed by atoms with Crippen molar-refractivity contribution >= 4 is 17.0 Å². The molecule has 1 aliphatic heterocycles. The van der Waals surface area contributed by atoms with Crippen LogP contribution in [0.5, 0.6) is 6.01 Å². The number of hydrogen-bond acceptors (Lipinski definition) is 6. The Morgan fingerprint density at radius 1 is 1.17 bits per heavy atom. The Hall–Kier alpha value is -3.68. The molecule has 0 amide bonds. The minimum absolute atomic E-state index is 0.289. The summed E-state index contributed by atoms with van der Waals surface area (Å²) in [6.07, 6.45) is 9.66. The lowest BCUT2D eigenvalue weighted by Gasteiger charge is -2.12. The lowest BCUT2D eigenvalue weighted by atomic mass is 9.97. The maximum Gasteiger partial charge on any atom is 0.320 e. The van der Waals surface area contributed by atoms with Crippen molar-refractivity contribution in [3.8, 4) is 17.1 Å². The van der Waals surface area contributed by atoms with E-state index in [0.29, 0.717) is 30.1 Å². The number of aryl methyl sites for hydroxylation is 1. The number of hydrogen-bond donors (Lipinski definition) is 2. The summed E-state index contributed by atoms with van der Waals surface area (Å²) in [6.45, 7) is 3.08. The van der Waals surface area contributed by atoms with Crippen LogP contribution in [0.4, 0.5) is 5.82 Å². The van der Waals surface area contributed by atoms with Gasteiger partial charge in [0.1, 0.15) is 5.82 Å². The number of aromatic amines is 1. The van der Waals surface area contributed by atoms with Crippen LogP contribution >= 0.6 is 0 Å². The Morgan fingerprint density at radius 2 is 2.10 bits per heavy atom. The molecule has 146 valence electrons. The van der Waals surface area contributed by atoms with E-state index < -0.39 is 0 Å². The lowest BCUT2D eigenvalue weighted by molar-refractivity contribution is 0.300. The summed E-state index contributed by atoms with van der Waals surface area (Å²) in [4.78, 5) is 13.4. The largest absolute Gasteiger partial charge is 0.463 e. The molecule has 4 aromatic rings. The molecule has 8 nitrogen and oxygen atoms in total. The monoisotopic (exact) mass is 387 g/mol. The van der Waals surface area contributed by atoms with Crippen molar-refractivity contribution in [2.24, 2.45) is 0 Å². The van der Waals surface area contributed by atoms with Gasteiger partial charge in [-0.15, -0.1) is 0 Å². The maximum atomic E-state index is 6.12. The molecule has 0 atom stereocenters. The van der Waals surface area contributed by atoms with Gasteiger partial charge in [-0.1, -0.05) is 30.4 Å². The van der Waals surface area contributed by atoms with E-state index in [-0.39, 0.29) is 6.01 Å². The summed E-state index contributed by atoms with van der Waals surface area (Å²) < 4.78 is 7.78. The molecule has 3 N–H and O–H groups in total. The number of aromatic nitrogens is 6. The molecule has 0 saturated heterocycles. The fraction of sp³-hybridized carbons (Fsp3) is 0.238. The zero-order valence-electron chi connectivity index (χ0n) is 16.1. The fourth-order valence-electron chi connectivity index (χ4n) is 3.69. The van der Waals surface area contributed by atoms with Crippen LogP contribution in [0.2, 0.25) is 0 Å². The summed E-state index contributed by atoms with van der Waals surface area (Å²) >= 11 is 0. The highest BCUT2D eigenvalue weighted by atomic mass is 16.5. The second-order valence-electron chi connectivity index (χ2n) is 7.10. The highest BCUT2D eigenvalue weighted by Crippen LogP contribution is 2.27. The van der Waals surface area contributed by atoms with Crippen LogP contribution < -0.4 is 10.5 Å². The van der Waals surface area contributed by atoms with Gasteiger partial charge in [-0.05, 0) is 36.5 Å². The number of anilines is 1. The zero-order valence-corrected chi connectivity index (χ0v) is 16.1. The van der Waals surface area contributed by atoms with Crippen molar-refractivity contribution in [3.05, 3.63) is 59.7 Å². The minimum atomic E-state index is 0.289. The first kappa shape index (κ1) is 17.4. The molecule has 5 rings (SSSR count). The Morgan fingerprint density at radius 3 is 2.97 bits per heavy atom. The number of nitrogen functional groups attached to an aromatic ring is 1. The number of nitrogens with zero attached hydrogens (tertiary/aromatic N) is 5. The second-order valence-corrected chi connectivity index (χ2v) is 7.10. The third-order valence-corrected chi connectivity index (χ3v) is 5.13. The first-order valence-electron chi connectivity index (χ1n) is 9.58. The van der Waals surface area contributed by atoms with Gasteiger partial charge in [-0.25, -0.2) is 4.98 Å². The van der Waals surface area contributed by atoms with Crippen LogP contribution in [-0.2, 0) is 13.0 Å². The van der Waals surface area contributed by atoms with E-state index in [2.05, 4.69) is 60.1 Å². The summed E-state index contributed by atoms with van der Waals surface area (Å²) in [5, 5.41) is 6.99. The van der Waals surface area contributed by atoms with Gasteiger partial charge >= 0.3 is 6.01 Å². The first-order chi connectivity index (χ1) is 14.2. The van der Waals surface area contributed by atoms with E-state index in [1.54, 1.807) is 0 Å². The molecule has 0 unspecified atom stereocenters. The van der Waals surface area contributed by atoms with Gasteiger partial charge in [0, 0.05) is 11.8 Å². The van der Waals surface area contributed by atoms with Crippen molar-refractivity contribution in [1.82, 2.24) is 29.7 Å². The van der Waals surface area contributed by atoms with Crippen molar-refractivity contribution in [3.63, 3.8) is 0 Å². The minimum Gasteiger partial charge on any atom is -0.463 e.